The zero-order valence-corrected chi connectivity index (χ0v) is 21.8. The number of carbonyl (C=O) groups is 3. The van der Waals surface area contributed by atoms with Crippen molar-refractivity contribution in [1.82, 2.24) is 4.90 Å². The SMILES string of the molecule is C#Cc1cc(N(C)C)c2c(c1O)C(=O)C1=C(N=O)[C@@](C=O)(ON)[C@H]([C@@H](/C(O)=C(\C)C(N)=O)N(C)C)C[C@@H]1C2. The Hall–Kier alpha value is -4.05. The Balaban J connectivity index is 2.39. The highest BCUT2D eigenvalue weighted by Gasteiger charge is 2.58. The molecule has 202 valence electrons. The van der Waals surface area contributed by atoms with Gasteiger partial charge in [0.1, 0.15) is 17.2 Å². The van der Waals surface area contributed by atoms with Crippen LogP contribution in [0.1, 0.15) is 34.8 Å². The highest BCUT2D eigenvalue weighted by Crippen LogP contribution is 2.52. The number of terminal acetylenes is 1. The summed E-state index contributed by atoms with van der Waals surface area (Å²) in [4.78, 5) is 59.1. The lowest BCUT2D eigenvalue weighted by Crippen LogP contribution is -2.58. The van der Waals surface area contributed by atoms with Crippen LogP contribution in [0.3, 0.4) is 0 Å². The Morgan fingerprint density at radius 1 is 1.37 bits per heavy atom. The van der Waals surface area contributed by atoms with Crippen LogP contribution in [0.2, 0.25) is 0 Å². The van der Waals surface area contributed by atoms with Gasteiger partial charge in [0.25, 0.3) is 0 Å². The summed E-state index contributed by atoms with van der Waals surface area (Å²) in [6, 6.07) is 0.498. The fraction of sp³-hybridized carbons (Fsp3) is 0.423. The molecular formula is C26H31N5O7. The number of likely N-dealkylation sites (N-methyl/N-ethyl adjacent to an activating group) is 1. The number of hydrogen-bond acceptors (Lipinski definition) is 11. The van der Waals surface area contributed by atoms with Crippen LogP contribution in [-0.4, -0.2) is 72.9 Å². The number of ketones is 1. The molecule has 1 aromatic carbocycles. The number of benzene rings is 1. The van der Waals surface area contributed by atoms with E-state index in [0.29, 0.717) is 11.3 Å². The van der Waals surface area contributed by atoms with E-state index in [-0.39, 0.29) is 41.4 Å². The van der Waals surface area contributed by atoms with Crippen molar-refractivity contribution < 1.29 is 29.4 Å². The second-order valence-electron chi connectivity index (χ2n) is 9.92. The van der Waals surface area contributed by atoms with Gasteiger partial charge in [-0.05, 0) is 56.6 Å². The van der Waals surface area contributed by atoms with Crippen molar-refractivity contribution in [2.75, 3.05) is 33.1 Å². The third-order valence-corrected chi connectivity index (χ3v) is 7.50. The number of nitrogens with two attached hydrogens (primary N) is 2. The van der Waals surface area contributed by atoms with Crippen LogP contribution in [0.4, 0.5) is 5.69 Å². The molecule has 0 radical (unpaired) electrons. The molecule has 38 heavy (non-hydrogen) atoms. The van der Waals surface area contributed by atoms with Crippen molar-refractivity contribution in [1.29, 1.82) is 0 Å². The van der Waals surface area contributed by atoms with Crippen LogP contribution < -0.4 is 16.5 Å². The summed E-state index contributed by atoms with van der Waals surface area (Å²) in [6.07, 6.45) is 5.99. The first-order valence-corrected chi connectivity index (χ1v) is 11.7. The lowest BCUT2D eigenvalue weighted by Gasteiger charge is -2.47. The molecule has 0 aromatic heterocycles. The molecule has 12 nitrogen and oxygen atoms in total. The number of nitrogens with zero attached hydrogens (tertiary/aromatic N) is 3. The summed E-state index contributed by atoms with van der Waals surface area (Å²) in [6.45, 7) is 1.32. The fourth-order valence-electron chi connectivity index (χ4n) is 5.64. The first-order chi connectivity index (χ1) is 17.8. The number of aldehydes is 1. The number of Topliss-reactive ketones (excluding diaryl/α,β-unsaturated/α-hetero) is 1. The Bertz CT molecular complexity index is 1320. The van der Waals surface area contributed by atoms with E-state index in [1.807, 2.05) is 0 Å². The van der Waals surface area contributed by atoms with Crippen LogP contribution in [0, 0.1) is 29.1 Å². The number of aromatic hydroxyl groups is 1. The Kier molecular flexibility index (Phi) is 7.78. The van der Waals surface area contributed by atoms with Gasteiger partial charge in [-0.25, -0.2) is 5.90 Å². The molecule has 6 N–H and O–H groups in total. The molecule has 2 aliphatic rings. The quantitative estimate of drug-likeness (QED) is 0.0948. The van der Waals surface area contributed by atoms with Gasteiger partial charge < -0.3 is 20.8 Å². The molecule has 0 unspecified atom stereocenters. The second kappa shape index (κ2) is 10.4. The molecule has 0 heterocycles. The Morgan fingerprint density at radius 3 is 2.45 bits per heavy atom. The van der Waals surface area contributed by atoms with Crippen LogP contribution >= 0.6 is 0 Å². The van der Waals surface area contributed by atoms with E-state index >= 15 is 0 Å². The highest BCUT2D eigenvalue weighted by molar-refractivity contribution is 6.15. The van der Waals surface area contributed by atoms with Gasteiger partial charge >= 0.3 is 0 Å². The third-order valence-electron chi connectivity index (χ3n) is 7.50. The number of phenolic OH excluding ortho intramolecular Hbond substituents is 1. The average molecular weight is 526 g/mol. The van der Waals surface area contributed by atoms with Gasteiger partial charge in [-0.3, -0.25) is 24.1 Å². The van der Waals surface area contributed by atoms with Crippen molar-refractivity contribution >= 4 is 23.7 Å². The number of hydrogen-bond donors (Lipinski definition) is 4. The van der Waals surface area contributed by atoms with Crippen LogP contribution in [-0.2, 0) is 20.8 Å². The fourth-order valence-corrected chi connectivity index (χ4v) is 5.64. The van der Waals surface area contributed by atoms with E-state index in [4.69, 9.17) is 22.9 Å². The lowest BCUT2D eigenvalue weighted by atomic mass is 9.62. The van der Waals surface area contributed by atoms with E-state index < -0.39 is 52.4 Å². The van der Waals surface area contributed by atoms with Crippen molar-refractivity contribution in [3.05, 3.63) is 50.3 Å². The molecule has 12 heteroatoms. The van der Waals surface area contributed by atoms with E-state index in [1.54, 1.807) is 39.2 Å². The number of phenols is 1. The Morgan fingerprint density at radius 2 is 2.00 bits per heavy atom. The Labute approximate surface area is 219 Å². The molecule has 3 rings (SSSR count). The van der Waals surface area contributed by atoms with E-state index in [9.17, 15) is 29.5 Å². The summed E-state index contributed by atoms with van der Waals surface area (Å²) in [5.74, 6) is 3.71. The van der Waals surface area contributed by atoms with E-state index in [2.05, 4.69) is 11.1 Å². The molecule has 0 saturated heterocycles. The molecule has 0 aliphatic heterocycles. The largest absolute Gasteiger partial charge is 0.510 e. The molecule has 0 saturated carbocycles. The molecule has 2 aliphatic carbocycles. The number of carbonyl (C=O) groups excluding carboxylic acids is 3. The predicted molar refractivity (Wildman–Crippen MR) is 139 cm³/mol. The summed E-state index contributed by atoms with van der Waals surface area (Å²) in [5.41, 5.74) is 3.32. The zero-order valence-electron chi connectivity index (χ0n) is 21.8. The van der Waals surface area contributed by atoms with Gasteiger partial charge in [-0.15, -0.1) is 11.3 Å². The third kappa shape index (κ3) is 4.14. The van der Waals surface area contributed by atoms with Crippen molar-refractivity contribution in [3.8, 4) is 18.1 Å². The number of nitroso groups, excluding NO2 is 1. The van der Waals surface area contributed by atoms with Gasteiger partial charge in [0, 0.05) is 31.3 Å². The van der Waals surface area contributed by atoms with Gasteiger partial charge in [-0.2, -0.15) is 0 Å². The number of rotatable bonds is 8. The van der Waals surface area contributed by atoms with Crippen molar-refractivity contribution in [3.63, 3.8) is 0 Å². The van der Waals surface area contributed by atoms with Crippen LogP contribution in [0.25, 0.3) is 0 Å². The highest BCUT2D eigenvalue weighted by atomic mass is 16.6. The maximum absolute atomic E-state index is 13.9. The van der Waals surface area contributed by atoms with E-state index in [1.165, 1.54) is 11.8 Å². The molecule has 4 atom stereocenters. The number of aliphatic hydroxyl groups excluding tert-OH is 1. The average Bonchev–Trinajstić information content (AvgIpc) is 2.87. The number of amides is 1. The normalized spacial score (nSPS) is 24.1. The van der Waals surface area contributed by atoms with E-state index in [0.717, 1.165) is 0 Å². The second-order valence-corrected chi connectivity index (χ2v) is 9.92. The topological polar surface area (TPSA) is 189 Å². The molecule has 0 fully saturated rings. The molecule has 1 aromatic rings. The summed E-state index contributed by atoms with van der Waals surface area (Å²) in [7, 11) is 6.67. The number of allylic oxidation sites excluding steroid dienone is 1. The number of anilines is 1. The van der Waals surface area contributed by atoms with Crippen LogP contribution in [0.5, 0.6) is 5.75 Å². The molecule has 0 bridgehead atoms. The van der Waals surface area contributed by atoms with Crippen molar-refractivity contribution in [2.45, 2.75) is 31.4 Å². The van der Waals surface area contributed by atoms with Crippen molar-refractivity contribution in [2.24, 2.45) is 28.6 Å². The zero-order chi connectivity index (χ0) is 28.7. The van der Waals surface area contributed by atoms with Gasteiger partial charge in [0.2, 0.25) is 5.91 Å². The predicted octanol–water partition coefficient (Wildman–Crippen LogP) is 0.910. The first-order valence-electron chi connectivity index (χ1n) is 11.7. The summed E-state index contributed by atoms with van der Waals surface area (Å²) in [5, 5.41) is 25.0. The number of primary amides is 1. The number of aliphatic hydroxyl groups is 1. The minimum atomic E-state index is -2.27. The minimum absolute atomic E-state index is 0.0128. The molecular weight excluding hydrogens is 494 g/mol. The summed E-state index contributed by atoms with van der Waals surface area (Å²) < 4.78 is 0. The standard InChI is InChI=1S/C26H31N5O7/c1-7-13-10-17(30(3)4)15-8-14-9-16(20(31(5)6)21(33)12(2)25(27)36)26(11-32,38-28)24(29-37)18(14)23(35)19(15)22(13)34/h1,10-11,14,16,20,33-34H,8-9,28H2,2-6H3,(H2,27,36)/b21-12-/t14-,16-,20-,26-/m0/s1. The number of fused-ring (bicyclic) bond motifs is 2. The van der Waals surface area contributed by atoms with Gasteiger partial charge in [-0.1, -0.05) is 5.92 Å². The molecule has 1 amide bonds. The first kappa shape index (κ1) is 28.5. The molecule has 0 spiro atoms. The summed E-state index contributed by atoms with van der Waals surface area (Å²) >= 11 is 0. The smallest absolute Gasteiger partial charge is 0.247 e. The maximum atomic E-state index is 13.9. The minimum Gasteiger partial charge on any atom is -0.510 e. The van der Waals surface area contributed by atoms with Gasteiger partial charge in [0.15, 0.2) is 17.7 Å². The van der Waals surface area contributed by atoms with Crippen LogP contribution in [0.15, 0.2) is 33.8 Å². The maximum Gasteiger partial charge on any atom is 0.247 e. The monoisotopic (exact) mass is 525 g/mol. The lowest BCUT2D eigenvalue weighted by molar-refractivity contribution is -0.141. The van der Waals surface area contributed by atoms with Gasteiger partial charge in [0.05, 0.1) is 22.7 Å².